The van der Waals surface area contributed by atoms with Gasteiger partial charge in [0.25, 0.3) is 0 Å². The maximum atomic E-state index is 13.8. The summed E-state index contributed by atoms with van der Waals surface area (Å²) in [7, 11) is -4.21. The second-order valence-electron chi connectivity index (χ2n) is 9.35. The number of benzene rings is 1. The number of nitrogens with two attached hydrogens (primary N) is 1. The van der Waals surface area contributed by atoms with Crippen molar-refractivity contribution in [3.05, 3.63) is 41.8 Å². The molecule has 2 aromatic heterocycles. The largest absolute Gasteiger partial charge is 0.462 e. The predicted molar refractivity (Wildman–Crippen MR) is 143 cm³/mol. The van der Waals surface area contributed by atoms with Gasteiger partial charge < -0.3 is 24.8 Å². The normalized spacial score (nSPS) is 25.5. The number of carbonyl (C=O) groups is 1. The van der Waals surface area contributed by atoms with Gasteiger partial charge in [-0.15, -0.1) is 11.6 Å². The molecule has 1 saturated heterocycles. The van der Waals surface area contributed by atoms with Crippen LogP contribution in [0.15, 0.2) is 36.7 Å². The molecule has 212 valence electrons. The molecule has 1 fully saturated rings. The van der Waals surface area contributed by atoms with E-state index < -0.39 is 49.7 Å². The average Bonchev–Trinajstić information content (AvgIpc) is 3.36. The Balaban J connectivity index is 1.55. The minimum atomic E-state index is -4.21. The lowest BCUT2D eigenvalue weighted by Gasteiger charge is -2.26. The Morgan fingerprint density at radius 1 is 1.31 bits per heavy atom. The number of halogens is 2. The maximum absolute atomic E-state index is 13.8. The highest BCUT2D eigenvalue weighted by Gasteiger charge is 2.54. The van der Waals surface area contributed by atoms with Gasteiger partial charge >= 0.3 is 13.7 Å². The molecule has 4 rings (SSSR count). The van der Waals surface area contributed by atoms with Crippen molar-refractivity contribution in [3.63, 3.8) is 0 Å². The molecule has 3 heterocycles. The molecule has 0 bridgehead atoms. The van der Waals surface area contributed by atoms with Crippen molar-refractivity contribution in [1.82, 2.24) is 24.6 Å². The molecule has 0 amide bonds. The maximum Gasteiger partial charge on any atom is 0.459 e. The third kappa shape index (κ3) is 6.46. The third-order valence-electron chi connectivity index (χ3n) is 5.80. The number of carbonyl (C=O) groups excluding carboxylic acids is 1. The molecule has 1 aliphatic rings. The molecule has 39 heavy (non-hydrogen) atoms. The Hall–Kier alpha value is -2.51. The van der Waals surface area contributed by atoms with Crippen molar-refractivity contribution in [2.75, 3.05) is 12.3 Å². The van der Waals surface area contributed by atoms with Crippen molar-refractivity contribution in [1.29, 1.82) is 0 Å². The second kappa shape index (κ2) is 11.5. The summed E-state index contributed by atoms with van der Waals surface area (Å²) < 4.78 is 37.8. The Morgan fingerprint density at radius 2 is 2.00 bits per heavy atom. The number of alkyl halides is 1. The van der Waals surface area contributed by atoms with Gasteiger partial charge in [-0.2, -0.15) is 15.1 Å². The van der Waals surface area contributed by atoms with Gasteiger partial charge in [0.05, 0.1) is 19.0 Å². The molecule has 1 aliphatic heterocycles. The average molecular weight is 603 g/mol. The number of rotatable bonds is 10. The van der Waals surface area contributed by atoms with Crippen LogP contribution in [0.3, 0.4) is 0 Å². The van der Waals surface area contributed by atoms with E-state index in [1.807, 2.05) is 0 Å². The number of para-hydroxylation sites is 1. The summed E-state index contributed by atoms with van der Waals surface area (Å²) in [5, 5.41) is 13.7. The summed E-state index contributed by atoms with van der Waals surface area (Å²) in [6, 6.07) is 7.22. The number of aliphatic hydroxyl groups is 1. The molecule has 6 atom stereocenters. The van der Waals surface area contributed by atoms with Crippen molar-refractivity contribution in [3.8, 4) is 5.75 Å². The monoisotopic (exact) mass is 602 g/mol. The lowest BCUT2D eigenvalue weighted by Crippen LogP contribution is -2.40. The summed E-state index contributed by atoms with van der Waals surface area (Å²) in [6.07, 6.45) is -2.37. The Kier molecular flexibility index (Phi) is 8.72. The van der Waals surface area contributed by atoms with Gasteiger partial charge in [0.1, 0.15) is 34.4 Å². The van der Waals surface area contributed by atoms with Crippen LogP contribution >= 0.6 is 30.9 Å². The fourth-order valence-corrected chi connectivity index (χ4v) is 5.95. The first-order valence-electron chi connectivity index (χ1n) is 12.0. The highest BCUT2D eigenvalue weighted by atomic mass is 35.5. The van der Waals surface area contributed by atoms with Gasteiger partial charge in [0, 0.05) is 0 Å². The van der Waals surface area contributed by atoms with Crippen molar-refractivity contribution in [2.24, 2.45) is 0 Å². The van der Waals surface area contributed by atoms with E-state index in [1.165, 1.54) is 17.8 Å². The highest BCUT2D eigenvalue weighted by molar-refractivity contribution is 7.52. The number of fused-ring (bicyclic) bond motifs is 1. The highest BCUT2D eigenvalue weighted by Crippen LogP contribution is 2.48. The quantitative estimate of drug-likeness (QED) is 0.134. The number of anilines is 1. The third-order valence-corrected chi connectivity index (χ3v) is 8.12. The number of ether oxygens (including phenoxy) is 2. The smallest absolute Gasteiger partial charge is 0.459 e. The van der Waals surface area contributed by atoms with Crippen LogP contribution in [-0.4, -0.2) is 66.4 Å². The fraction of sp³-hybridized carbons (Fsp3) is 0.478. The lowest BCUT2D eigenvalue weighted by atomic mass is 10.0. The zero-order valence-corrected chi connectivity index (χ0v) is 23.9. The summed E-state index contributed by atoms with van der Waals surface area (Å²) in [6.45, 7) is 5.98. The minimum Gasteiger partial charge on any atom is -0.462 e. The van der Waals surface area contributed by atoms with Crippen LogP contribution < -0.4 is 15.3 Å². The van der Waals surface area contributed by atoms with Crippen molar-refractivity contribution >= 4 is 54.0 Å². The van der Waals surface area contributed by atoms with Crippen molar-refractivity contribution in [2.45, 2.75) is 63.2 Å². The molecular weight excluding hydrogens is 574 g/mol. The van der Waals surface area contributed by atoms with Crippen LogP contribution in [0, 0.1) is 0 Å². The molecule has 0 radical (unpaired) electrons. The first-order chi connectivity index (χ1) is 18.3. The Labute approximate surface area is 234 Å². The standard InChI is InChI=1S/C23H29Cl2N6O7P/c1-12(2)36-20(33)13(3)30-39(34,38-14-8-6-5-7-9-14)35-10-15-17(32)23(4,25)21(37-15)31-11-27-16-18(24)28-22(26)29-19(16)31/h5-9,11-13,15,17,21,32H,10H2,1-4H3,(H,30,34)(H2,26,28,29)/t13?,15-,17-,21-,23-,39?/m1/s1. The number of nitrogens with zero attached hydrogens (tertiary/aromatic N) is 4. The van der Waals surface area contributed by atoms with Gasteiger partial charge in [-0.3, -0.25) is 13.9 Å². The number of aliphatic hydroxyl groups excluding tert-OH is 1. The minimum absolute atomic E-state index is 0.0427. The van der Waals surface area contributed by atoms with E-state index in [-0.39, 0.29) is 34.1 Å². The zero-order valence-electron chi connectivity index (χ0n) is 21.5. The molecule has 4 N–H and O–H groups in total. The molecule has 3 aromatic rings. The molecule has 0 saturated carbocycles. The first kappa shape index (κ1) is 29.5. The lowest BCUT2D eigenvalue weighted by molar-refractivity contribution is -0.149. The number of nitrogens with one attached hydrogen (secondary N) is 1. The summed E-state index contributed by atoms with van der Waals surface area (Å²) in [5.74, 6) is -0.508. The number of aromatic nitrogens is 4. The fourth-order valence-electron chi connectivity index (χ4n) is 3.93. The molecule has 2 unspecified atom stereocenters. The van der Waals surface area contributed by atoms with Crippen LogP contribution in [0.4, 0.5) is 5.95 Å². The molecule has 0 spiro atoms. The van der Waals surface area contributed by atoms with E-state index in [0.717, 1.165) is 0 Å². The van der Waals surface area contributed by atoms with E-state index in [1.54, 1.807) is 51.1 Å². The first-order valence-corrected chi connectivity index (χ1v) is 14.3. The Bertz CT molecular complexity index is 1380. The van der Waals surface area contributed by atoms with Crippen LogP contribution in [0.1, 0.15) is 33.9 Å². The predicted octanol–water partition coefficient (Wildman–Crippen LogP) is 3.45. The van der Waals surface area contributed by atoms with E-state index in [4.69, 9.17) is 47.5 Å². The van der Waals surface area contributed by atoms with Crippen LogP contribution in [0.5, 0.6) is 5.75 Å². The summed E-state index contributed by atoms with van der Waals surface area (Å²) in [5.41, 5.74) is 6.26. The van der Waals surface area contributed by atoms with Crippen LogP contribution in [0.2, 0.25) is 5.15 Å². The number of hydrogen-bond donors (Lipinski definition) is 3. The summed E-state index contributed by atoms with van der Waals surface area (Å²) in [4.78, 5) is 23.2. The molecular formula is C23H29Cl2N6O7P. The Morgan fingerprint density at radius 3 is 2.67 bits per heavy atom. The molecule has 0 aliphatic carbocycles. The van der Waals surface area contributed by atoms with Crippen LogP contribution in [-0.2, 0) is 23.4 Å². The SMILES string of the molecule is CC(C)OC(=O)C(C)NP(=O)(OC[C@H]1O[C@@H](n2cnc3c(Cl)nc(N)nc32)[C@](C)(Cl)[C@@H]1O)Oc1ccccc1. The van der Waals surface area contributed by atoms with E-state index in [2.05, 4.69) is 20.0 Å². The van der Waals surface area contributed by atoms with Gasteiger partial charge in [0.15, 0.2) is 17.0 Å². The molecule has 16 heteroatoms. The zero-order chi connectivity index (χ0) is 28.5. The van der Waals surface area contributed by atoms with Gasteiger partial charge in [-0.25, -0.2) is 9.55 Å². The number of esters is 1. The van der Waals surface area contributed by atoms with Gasteiger partial charge in [0.2, 0.25) is 5.95 Å². The number of nitrogen functional groups attached to an aromatic ring is 1. The van der Waals surface area contributed by atoms with E-state index in [9.17, 15) is 14.5 Å². The summed E-state index contributed by atoms with van der Waals surface area (Å²) >= 11 is 12.9. The van der Waals surface area contributed by atoms with Gasteiger partial charge in [-0.1, -0.05) is 29.8 Å². The van der Waals surface area contributed by atoms with E-state index in [0.29, 0.717) is 0 Å². The molecule has 1 aromatic carbocycles. The number of hydrogen-bond acceptors (Lipinski definition) is 11. The van der Waals surface area contributed by atoms with Gasteiger partial charge in [-0.05, 0) is 39.8 Å². The molecule has 13 nitrogen and oxygen atoms in total. The van der Waals surface area contributed by atoms with Crippen molar-refractivity contribution < 1.29 is 33.0 Å². The second-order valence-corrected chi connectivity index (χ2v) is 12.2. The van der Waals surface area contributed by atoms with Crippen LogP contribution in [0.25, 0.3) is 11.2 Å². The number of imidazole rings is 1. The topological polar surface area (TPSA) is 173 Å². The van der Waals surface area contributed by atoms with E-state index >= 15 is 0 Å².